The van der Waals surface area contributed by atoms with Gasteiger partial charge in [-0.1, -0.05) is 0 Å². The first-order valence-electron chi connectivity index (χ1n) is 5.86. The number of carbonyl (C=O) groups is 3. The molecule has 3 N–H and O–H groups in total. The van der Waals surface area contributed by atoms with Crippen LogP contribution in [0.15, 0.2) is 35.2 Å². The van der Waals surface area contributed by atoms with Gasteiger partial charge in [0.25, 0.3) is 11.8 Å². The van der Waals surface area contributed by atoms with Crippen LogP contribution < -0.4 is 10.6 Å². The van der Waals surface area contributed by atoms with Crippen molar-refractivity contribution in [3.8, 4) is 0 Å². The van der Waals surface area contributed by atoms with Gasteiger partial charge in [-0.05, 0) is 24.3 Å². The first-order chi connectivity index (χ1) is 10.1. The molecule has 108 valence electrons. The highest BCUT2D eigenvalue weighted by Crippen LogP contribution is 2.11. The zero-order valence-electron chi connectivity index (χ0n) is 10.7. The number of amides is 2. The first kappa shape index (κ1) is 14.7. The predicted octanol–water partition coefficient (Wildman–Crippen LogP) is 1.21. The van der Waals surface area contributed by atoms with Crippen molar-refractivity contribution in [3.05, 3.63) is 46.4 Å². The van der Waals surface area contributed by atoms with E-state index in [0.717, 1.165) is 0 Å². The molecule has 1 heterocycles. The van der Waals surface area contributed by atoms with Crippen LogP contribution in [0.1, 0.15) is 20.8 Å². The van der Waals surface area contributed by atoms with Gasteiger partial charge in [-0.2, -0.15) is 0 Å². The normalized spacial score (nSPS) is 9.90. The summed E-state index contributed by atoms with van der Waals surface area (Å²) in [5.41, 5.74) is 2.71. The Bertz CT molecular complexity index is 653. The Hall–Kier alpha value is -2.74. The minimum atomic E-state index is -1.12. The Balaban J connectivity index is 1.97. The number of aliphatic carboxylic acids is 1. The average Bonchev–Trinajstić information content (AvgIpc) is 3.00. The summed E-state index contributed by atoms with van der Waals surface area (Å²) < 4.78 is 0. The lowest BCUT2D eigenvalue weighted by atomic mass is 10.2. The average molecular weight is 305 g/mol. The van der Waals surface area contributed by atoms with E-state index in [1.807, 2.05) is 0 Å². The molecule has 0 aliphatic rings. The summed E-state index contributed by atoms with van der Waals surface area (Å²) >= 11 is 1.32. The van der Waals surface area contributed by atoms with Crippen LogP contribution in [0.25, 0.3) is 0 Å². The molecule has 0 atom stereocenters. The van der Waals surface area contributed by atoms with Crippen molar-refractivity contribution in [2.24, 2.45) is 0 Å². The van der Waals surface area contributed by atoms with Crippen LogP contribution in [0, 0.1) is 0 Å². The van der Waals surface area contributed by atoms with Crippen LogP contribution in [0.2, 0.25) is 0 Å². The molecule has 2 rings (SSSR count). The molecule has 0 saturated carbocycles. The Morgan fingerprint density at radius 3 is 2.43 bits per heavy atom. The number of benzene rings is 1. The minimum Gasteiger partial charge on any atom is -0.480 e. The Labute approximate surface area is 123 Å². The van der Waals surface area contributed by atoms with Crippen molar-refractivity contribution in [1.29, 1.82) is 0 Å². The lowest BCUT2D eigenvalue weighted by Crippen LogP contribution is -2.29. The van der Waals surface area contributed by atoms with E-state index in [9.17, 15) is 14.4 Å². The first-order valence-corrected chi connectivity index (χ1v) is 6.80. The highest BCUT2D eigenvalue weighted by atomic mass is 32.1. The molecular formula is C13H11N3O4S. The van der Waals surface area contributed by atoms with Crippen LogP contribution in [0.3, 0.4) is 0 Å². The Morgan fingerprint density at radius 2 is 1.86 bits per heavy atom. The highest BCUT2D eigenvalue weighted by molar-refractivity contribution is 7.07. The molecule has 0 saturated heterocycles. The van der Waals surface area contributed by atoms with E-state index in [-0.39, 0.29) is 5.91 Å². The van der Waals surface area contributed by atoms with Crippen molar-refractivity contribution < 1.29 is 19.5 Å². The lowest BCUT2D eigenvalue weighted by molar-refractivity contribution is -0.135. The Morgan fingerprint density at radius 1 is 1.14 bits per heavy atom. The van der Waals surface area contributed by atoms with E-state index < -0.39 is 18.4 Å². The number of carboxylic acid groups (broad SMARTS) is 1. The monoisotopic (exact) mass is 305 g/mol. The molecule has 0 fully saturated rings. The molecule has 7 nitrogen and oxygen atoms in total. The molecule has 2 amide bonds. The van der Waals surface area contributed by atoms with Crippen LogP contribution in [0.5, 0.6) is 0 Å². The number of rotatable bonds is 5. The fraction of sp³-hybridized carbons (Fsp3) is 0.0769. The van der Waals surface area contributed by atoms with Gasteiger partial charge < -0.3 is 15.7 Å². The van der Waals surface area contributed by atoms with Crippen LogP contribution in [-0.4, -0.2) is 34.4 Å². The zero-order valence-corrected chi connectivity index (χ0v) is 11.5. The van der Waals surface area contributed by atoms with Crippen molar-refractivity contribution >= 4 is 34.8 Å². The van der Waals surface area contributed by atoms with Crippen LogP contribution in [-0.2, 0) is 4.79 Å². The lowest BCUT2D eigenvalue weighted by Gasteiger charge is -2.05. The number of thiazole rings is 1. The second-order valence-corrected chi connectivity index (χ2v) is 4.70. The minimum absolute atomic E-state index is 0.308. The summed E-state index contributed by atoms with van der Waals surface area (Å²) in [6.07, 6.45) is 0. The molecule has 0 aliphatic carbocycles. The van der Waals surface area contributed by atoms with Gasteiger partial charge in [0.05, 0.1) is 5.51 Å². The van der Waals surface area contributed by atoms with Gasteiger partial charge in [-0.15, -0.1) is 11.3 Å². The molecule has 1 aromatic carbocycles. The van der Waals surface area contributed by atoms with Crippen molar-refractivity contribution in [2.45, 2.75) is 0 Å². The number of nitrogens with one attached hydrogen (secondary N) is 2. The Kier molecular flexibility index (Phi) is 4.62. The fourth-order valence-corrected chi connectivity index (χ4v) is 2.01. The third-order valence-corrected chi connectivity index (χ3v) is 3.06. The van der Waals surface area contributed by atoms with Gasteiger partial charge >= 0.3 is 5.97 Å². The predicted molar refractivity (Wildman–Crippen MR) is 76.5 cm³/mol. The number of aromatic nitrogens is 1. The second-order valence-electron chi connectivity index (χ2n) is 3.98. The van der Waals surface area contributed by atoms with Crippen LogP contribution in [0.4, 0.5) is 5.69 Å². The van der Waals surface area contributed by atoms with Crippen molar-refractivity contribution in [1.82, 2.24) is 10.3 Å². The number of carbonyl (C=O) groups excluding carboxylic acids is 2. The number of hydrogen-bond acceptors (Lipinski definition) is 5. The third kappa shape index (κ3) is 4.11. The van der Waals surface area contributed by atoms with E-state index in [0.29, 0.717) is 16.9 Å². The maximum Gasteiger partial charge on any atom is 0.322 e. The quantitative estimate of drug-likeness (QED) is 0.769. The van der Waals surface area contributed by atoms with E-state index in [2.05, 4.69) is 15.6 Å². The molecule has 2 aromatic rings. The summed E-state index contributed by atoms with van der Waals surface area (Å²) in [5.74, 6) is -1.94. The molecule has 0 unspecified atom stereocenters. The maximum atomic E-state index is 11.8. The number of anilines is 1. The fourth-order valence-electron chi connectivity index (χ4n) is 1.48. The van der Waals surface area contributed by atoms with Gasteiger partial charge in [-0.25, -0.2) is 4.98 Å². The van der Waals surface area contributed by atoms with E-state index in [4.69, 9.17) is 5.11 Å². The molecule has 8 heteroatoms. The van der Waals surface area contributed by atoms with Gasteiger partial charge in [0.2, 0.25) is 0 Å². The van der Waals surface area contributed by atoms with Crippen LogP contribution >= 0.6 is 11.3 Å². The number of carboxylic acids is 1. The van der Waals surface area contributed by atoms with E-state index >= 15 is 0 Å². The largest absolute Gasteiger partial charge is 0.480 e. The number of hydrogen-bond donors (Lipinski definition) is 3. The molecule has 1 aromatic heterocycles. The molecule has 0 aliphatic heterocycles. The van der Waals surface area contributed by atoms with E-state index in [1.54, 1.807) is 23.0 Å². The van der Waals surface area contributed by atoms with Gasteiger partial charge in [-0.3, -0.25) is 14.4 Å². The topological polar surface area (TPSA) is 108 Å². The van der Waals surface area contributed by atoms with Gasteiger partial charge in [0, 0.05) is 16.6 Å². The highest BCUT2D eigenvalue weighted by Gasteiger charge is 2.10. The maximum absolute atomic E-state index is 11.8. The summed E-state index contributed by atoms with van der Waals surface area (Å²) in [7, 11) is 0. The summed E-state index contributed by atoms with van der Waals surface area (Å²) in [6.45, 7) is -0.443. The summed E-state index contributed by atoms with van der Waals surface area (Å²) in [5, 5.41) is 15.0. The molecule has 0 spiro atoms. The molecule has 21 heavy (non-hydrogen) atoms. The van der Waals surface area contributed by atoms with Gasteiger partial charge in [0.1, 0.15) is 12.2 Å². The van der Waals surface area contributed by atoms with Gasteiger partial charge in [0.15, 0.2) is 0 Å². The summed E-state index contributed by atoms with van der Waals surface area (Å²) in [6, 6.07) is 6.10. The molecule has 0 radical (unpaired) electrons. The zero-order chi connectivity index (χ0) is 15.2. The number of nitrogens with zero attached hydrogens (tertiary/aromatic N) is 1. The third-order valence-electron chi connectivity index (χ3n) is 2.47. The molecular weight excluding hydrogens is 294 g/mol. The standard InChI is InChI=1S/C13H11N3O4S/c17-11(18)5-14-12(19)8-1-3-9(4-2-8)16-13(20)10-6-21-7-15-10/h1-4,6-7H,5H2,(H,14,19)(H,16,20)(H,17,18). The smallest absolute Gasteiger partial charge is 0.322 e. The molecule has 0 bridgehead atoms. The van der Waals surface area contributed by atoms with Crippen molar-refractivity contribution in [3.63, 3.8) is 0 Å². The van der Waals surface area contributed by atoms with E-state index in [1.165, 1.54) is 23.5 Å². The SMILES string of the molecule is O=C(O)CNC(=O)c1ccc(NC(=O)c2cscn2)cc1. The second kappa shape index (κ2) is 6.62. The summed E-state index contributed by atoms with van der Waals surface area (Å²) in [4.78, 5) is 37.6. The van der Waals surface area contributed by atoms with Crippen molar-refractivity contribution in [2.75, 3.05) is 11.9 Å².